The van der Waals surface area contributed by atoms with E-state index in [9.17, 15) is 0 Å². The molecule has 1 aromatic carbocycles. The van der Waals surface area contributed by atoms with Crippen LogP contribution in [0.4, 0.5) is 0 Å². The zero-order valence-corrected chi connectivity index (χ0v) is 10.2. The SMILES string of the molecule is OCc1cn(Cc2cnn(-c3ccccc3)c2)nn1. The molecule has 6 nitrogen and oxygen atoms in total. The van der Waals surface area contributed by atoms with Gasteiger partial charge in [-0.25, -0.2) is 9.36 Å². The summed E-state index contributed by atoms with van der Waals surface area (Å²) in [4.78, 5) is 0. The van der Waals surface area contributed by atoms with Crippen LogP contribution < -0.4 is 0 Å². The number of aromatic nitrogens is 5. The van der Waals surface area contributed by atoms with E-state index in [0.29, 0.717) is 12.2 Å². The van der Waals surface area contributed by atoms with Gasteiger partial charge in [0.05, 0.1) is 31.2 Å². The smallest absolute Gasteiger partial charge is 0.108 e. The molecule has 1 N–H and O–H groups in total. The molecule has 0 fully saturated rings. The molecule has 0 atom stereocenters. The van der Waals surface area contributed by atoms with Crippen molar-refractivity contribution >= 4 is 0 Å². The third-order valence-corrected chi connectivity index (χ3v) is 2.75. The quantitative estimate of drug-likeness (QED) is 0.755. The van der Waals surface area contributed by atoms with Gasteiger partial charge in [-0.05, 0) is 12.1 Å². The predicted octanol–water partition coefficient (Wildman–Crippen LogP) is 1.00. The van der Waals surface area contributed by atoms with Gasteiger partial charge < -0.3 is 5.11 Å². The highest BCUT2D eigenvalue weighted by molar-refractivity contribution is 5.30. The lowest BCUT2D eigenvalue weighted by Gasteiger charge is -1.99. The van der Waals surface area contributed by atoms with Crippen LogP contribution in [0.1, 0.15) is 11.3 Å². The molecule has 0 aliphatic rings. The molecule has 2 aromatic heterocycles. The highest BCUT2D eigenvalue weighted by Gasteiger charge is 2.03. The van der Waals surface area contributed by atoms with E-state index in [0.717, 1.165) is 11.3 Å². The van der Waals surface area contributed by atoms with Crippen molar-refractivity contribution in [2.75, 3.05) is 0 Å². The molecule has 96 valence electrons. The maximum Gasteiger partial charge on any atom is 0.108 e. The van der Waals surface area contributed by atoms with Gasteiger partial charge in [-0.3, -0.25) is 0 Å². The monoisotopic (exact) mass is 255 g/mol. The Bertz CT molecular complexity index is 658. The van der Waals surface area contributed by atoms with Crippen molar-refractivity contribution in [3.8, 4) is 5.69 Å². The van der Waals surface area contributed by atoms with Crippen LogP contribution in [-0.4, -0.2) is 29.9 Å². The molecule has 0 aliphatic heterocycles. The number of para-hydroxylation sites is 1. The average molecular weight is 255 g/mol. The molecule has 19 heavy (non-hydrogen) atoms. The standard InChI is InChI=1S/C13H13N5O/c19-10-12-9-17(16-15-12)7-11-6-14-18(8-11)13-4-2-1-3-5-13/h1-6,8-9,19H,7,10H2. The molecule has 0 amide bonds. The second-order valence-electron chi connectivity index (χ2n) is 4.19. The van der Waals surface area contributed by atoms with Crippen molar-refractivity contribution < 1.29 is 5.11 Å². The van der Waals surface area contributed by atoms with E-state index in [-0.39, 0.29) is 6.61 Å². The number of aliphatic hydroxyl groups excluding tert-OH is 1. The van der Waals surface area contributed by atoms with Crippen LogP contribution in [-0.2, 0) is 13.2 Å². The van der Waals surface area contributed by atoms with Gasteiger partial charge in [0.2, 0.25) is 0 Å². The third-order valence-electron chi connectivity index (χ3n) is 2.75. The molecule has 0 aliphatic carbocycles. The maximum atomic E-state index is 8.94. The van der Waals surface area contributed by atoms with E-state index >= 15 is 0 Å². The molecule has 3 rings (SSSR count). The molecule has 0 radical (unpaired) electrons. The average Bonchev–Trinajstić information content (AvgIpc) is 3.09. The molecular formula is C13H13N5O. The summed E-state index contributed by atoms with van der Waals surface area (Å²) in [5.41, 5.74) is 2.61. The van der Waals surface area contributed by atoms with E-state index in [1.807, 2.05) is 41.2 Å². The Kier molecular flexibility index (Phi) is 3.07. The zero-order valence-electron chi connectivity index (χ0n) is 10.2. The number of aliphatic hydroxyl groups is 1. The molecule has 0 saturated carbocycles. The molecule has 3 aromatic rings. The summed E-state index contributed by atoms with van der Waals surface area (Å²) in [7, 11) is 0. The summed E-state index contributed by atoms with van der Waals surface area (Å²) < 4.78 is 3.50. The lowest BCUT2D eigenvalue weighted by Crippen LogP contribution is -1.99. The normalized spacial score (nSPS) is 10.8. The number of rotatable bonds is 4. The number of nitrogens with zero attached hydrogens (tertiary/aromatic N) is 5. The van der Waals surface area contributed by atoms with E-state index < -0.39 is 0 Å². The lowest BCUT2D eigenvalue weighted by molar-refractivity contribution is 0.276. The van der Waals surface area contributed by atoms with E-state index in [1.165, 1.54) is 0 Å². The van der Waals surface area contributed by atoms with E-state index in [4.69, 9.17) is 5.11 Å². The van der Waals surface area contributed by atoms with Crippen LogP contribution in [0.2, 0.25) is 0 Å². The molecule has 2 heterocycles. The Morgan fingerprint density at radius 3 is 2.68 bits per heavy atom. The molecule has 0 unspecified atom stereocenters. The van der Waals surface area contributed by atoms with Crippen molar-refractivity contribution in [2.24, 2.45) is 0 Å². The Hall–Kier alpha value is -2.47. The van der Waals surface area contributed by atoms with Crippen LogP contribution in [0, 0.1) is 0 Å². The fourth-order valence-electron chi connectivity index (χ4n) is 1.84. The van der Waals surface area contributed by atoms with Crippen LogP contribution in [0.3, 0.4) is 0 Å². The summed E-state index contributed by atoms with van der Waals surface area (Å²) >= 11 is 0. The van der Waals surface area contributed by atoms with Gasteiger partial charge in [-0.15, -0.1) is 5.10 Å². The Labute approximate surface area is 109 Å². The van der Waals surface area contributed by atoms with Crippen molar-refractivity contribution in [1.82, 2.24) is 24.8 Å². The highest BCUT2D eigenvalue weighted by atomic mass is 16.3. The molecule has 0 bridgehead atoms. The van der Waals surface area contributed by atoms with Crippen LogP contribution >= 0.6 is 0 Å². The first kappa shape index (κ1) is 11.6. The fourth-order valence-corrected chi connectivity index (χ4v) is 1.84. The van der Waals surface area contributed by atoms with Crippen molar-refractivity contribution in [3.05, 3.63) is 60.2 Å². The van der Waals surface area contributed by atoms with Crippen LogP contribution in [0.5, 0.6) is 0 Å². The number of benzene rings is 1. The van der Waals surface area contributed by atoms with Gasteiger partial charge in [0, 0.05) is 11.8 Å². The topological polar surface area (TPSA) is 68.8 Å². The van der Waals surface area contributed by atoms with Gasteiger partial charge in [-0.1, -0.05) is 23.4 Å². The summed E-state index contributed by atoms with van der Waals surface area (Å²) in [6.45, 7) is 0.489. The first-order chi connectivity index (χ1) is 9.35. The minimum atomic E-state index is -0.0940. The van der Waals surface area contributed by atoms with E-state index in [2.05, 4.69) is 15.4 Å². The molecule has 0 spiro atoms. The van der Waals surface area contributed by atoms with Crippen LogP contribution in [0.15, 0.2) is 48.9 Å². The van der Waals surface area contributed by atoms with Crippen molar-refractivity contribution in [1.29, 1.82) is 0 Å². The van der Waals surface area contributed by atoms with Crippen LogP contribution in [0.25, 0.3) is 5.69 Å². The Morgan fingerprint density at radius 2 is 1.95 bits per heavy atom. The van der Waals surface area contributed by atoms with Gasteiger partial charge in [0.15, 0.2) is 0 Å². The first-order valence-electron chi connectivity index (χ1n) is 5.94. The van der Waals surface area contributed by atoms with Gasteiger partial charge >= 0.3 is 0 Å². The van der Waals surface area contributed by atoms with Crippen molar-refractivity contribution in [3.63, 3.8) is 0 Å². The van der Waals surface area contributed by atoms with E-state index in [1.54, 1.807) is 17.1 Å². The number of hydrogen-bond donors (Lipinski definition) is 1. The summed E-state index contributed by atoms with van der Waals surface area (Å²) in [6.07, 6.45) is 5.47. The Balaban J connectivity index is 1.78. The van der Waals surface area contributed by atoms with Gasteiger partial charge in [0.25, 0.3) is 0 Å². The van der Waals surface area contributed by atoms with Gasteiger partial charge in [0.1, 0.15) is 5.69 Å². The second kappa shape index (κ2) is 5.03. The largest absolute Gasteiger partial charge is 0.390 e. The lowest BCUT2D eigenvalue weighted by atomic mass is 10.3. The second-order valence-corrected chi connectivity index (χ2v) is 4.19. The molecule has 0 saturated heterocycles. The third kappa shape index (κ3) is 2.53. The highest BCUT2D eigenvalue weighted by Crippen LogP contribution is 2.08. The summed E-state index contributed by atoms with van der Waals surface area (Å²) in [5, 5.41) is 21.0. The summed E-state index contributed by atoms with van der Waals surface area (Å²) in [5.74, 6) is 0. The molecular weight excluding hydrogens is 242 g/mol. The minimum absolute atomic E-state index is 0.0940. The summed E-state index contributed by atoms with van der Waals surface area (Å²) in [6, 6.07) is 9.91. The number of hydrogen-bond acceptors (Lipinski definition) is 4. The minimum Gasteiger partial charge on any atom is -0.390 e. The fraction of sp³-hybridized carbons (Fsp3) is 0.154. The van der Waals surface area contributed by atoms with Gasteiger partial charge in [-0.2, -0.15) is 5.10 Å². The maximum absolute atomic E-state index is 8.94. The molecule has 6 heteroatoms. The zero-order chi connectivity index (χ0) is 13.1. The first-order valence-corrected chi connectivity index (χ1v) is 5.94. The Morgan fingerprint density at radius 1 is 1.11 bits per heavy atom. The van der Waals surface area contributed by atoms with Crippen molar-refractivity contribution in [2.45, 2.75) is 13.2 Å². The predicted molar refractivity (Wildman–Crippen MR) is 68.6 cm³/mol.